The van der Waals surface area contributed by atoms with Crippen molar-refractivity contribution >= 4 is 41.5 Å². The van der Waals surface area contributed by atoms with Crippen molar-refractivity contribution in [3.63, 3.8) is 0 Å². The van der Waals surface area contributed by atoms with Crippen LogP contribution in [0.4, 0.5) is 5.69 Å². The molecule has 0 saturated carbocycles. The van der Waals surface area contributed by atoms with E-state index in [1.807, 2.05) is 6.92 Å². The van der Waals surface area contributed by atoms with Gasteiger partial charge < -0.3 is 21.1 Å². The normalized spacial score (nSPS) is 10.5. The summed E-state index contributed by atoms with van der Waals surface area (Å²) in [6, 6.07) is 6.31. The number of benzene rings is 1. The molecule has 0 atom stereocenters. The molecule has 0 saturated heterocycles. The van der Waals surface area contributed by atoms with Gasteiger partial charge in [-0.05, 0) is 37.6 Å². The Bertz CT molecular complexity index is 449. The van der Waals surface area contributed by atoms with Crippen molar-refractivity contribution in [1.82, 2.24) is 10.6 Å². The molecule has 0 bridgehead atoms. The summed E-state index contributed by atoms with van der Waals surface area (Å²) < 4.78 is 0. The molecule has 0 aromatic heterocycles. The molecule has 7 heteroatoms. The van der Waals surface area contributed by atoms with Crippen molar-refractivity contribution in [1.29, 1.82) is 0 Å². The molecular weight excluding hydrogens is 383 g/mol. The first-order chi connectivity index (χ1) is 9.65. The fraction of sp³-hybridized carbons (Fsp3) is 0.429. The zero-order valence-corrected chi connectivity index (χ0v) is 14.7. The van der Waals surface area contributed by atoms with Crippen LogP contribution in [0, 0.1) is 0 Å². The molecule has 1 aromatic carbocycles. The van der Waals surface area contributed by atoms with E-state index in [0.717, 1.165) is 19.5 Å². The SMILES string of the molecule is CCCNC(=NCC(=O)Nc1ccc(O)cc1)NCC.I. The van der Waals surface area contributed by atoms with Gasteiger partial charge >= 0.3 is 0 Å². The Morgan fingerprint density at radius 2 is 1.86 bits per heavy atom. The van der Waals surface area contributed by atoms with E-state index in [9.17, 15) is 4.79 Å². The van der Waals surface area contributed by atoms with E-state index in [4.69, 9.17) is 5.11 Å². The molecule has 1 aromatic rings. The minimum atomic E-state index is -0.204. The van der Waals surface area contributed by atoms with Gasteiger partial charge in [-0.2, -0.15) is 0 Å². The number of carbonyl (C=O) groups is 1. The highest BCUT2D eigenvalue weighted by atomic mass is 127. The van der Waals surface area contributed by atoms with Crippen molar-refractivity contribution in [2.45, 2.75) is 20.3 Å². The number of phenols is 1. The second kappa shape index (κ2) is 11.2. The number of anilines is 1. The molecule has 0 heterocycles. The number of halogens is 1. The monoisotopic (exact) mass is 406 g/mol. The van der Waals surface area contributed by atoms with Gasteiger partial charge in [0.05, 0.1) is 0 Å². The number of carbonyl (C=O) groups excluding carboxylic acids is 1. The lowest BCUT2D eigenvalue weighted by molar-refractivity contribution is -0.114. The second-order valence-electron chi connectivity index (χ2n) is 4.22. The van der Waals surface area contributed by atoms with Crippen LogP contribution in [-0.2, 0) is 4.79 Å². The molecular formula is C14H23IN4O2. The van der Waals surface area contributed by atoms with Crippen LogP contribution < -0.4 is 16.0 Å². The van der Waals surface area contributed by atoms with E-state index in [2.05, 4.69) is 27.9 Å². The number of rotatable bonds is 6. The number of guanidine groups is 1. The highest BCUT2D eigenvalue weighted by Gasteiger charge is 2.02. The topological polar surface area (TPSA) is 85.8 Å². The molecule has 118 valence electrons. The van der Waals surface area contributed by atoms with E-state index >= 15 is 0 Å². The van der Waals surface area contributed by atoms with Crippen LogP contribution in [0.1, 0.15) is 20.3 Å². The number of phenolic OH excluding ortho intramolecular Hbond substituents is 1. The van der Waals surface area contributed by atoms with Crippen molar-refractivity contribution in [2.75, 3.05) is 25.0 Å². The molecule has 21 heavy (non-hydrogen) atoms. The third-order valence-electron chi connectivity index (χ3n) is 2.42. The van der Waals surface area contributed by atoms with Gasteiger partial charge in [0.2, 0.25) is 5.91 Å². The molecule has 6 nitrogen and oxygen atoms in total. The Balaban J connectivity index is 0.00000400. The number of hydrogen-bond donors (Lipinski definition) is 4. The van der Waals surface area contributed by atoms with Crippen LogP contribution in [0.2, 0.25) is 0 Å². The number of amides is 1. The summed E-state index contributed by atoms with van der Waals surface area (Å²) >= 11 is 0. The van der Waals surface area contributed by atoms with E-state index in [1.54, 1.807) is 12.1 Å². The number of nitrogens with zero attached hydrogens (tertiary/aromatic N) is 1. The van der Waals surface area contributed by atoms with Crippen LogP contribution >= 0.6 is 24.0 Å². The van der Waals surface area contributed by atoms with Gasteiger partial charge in [0, 0.05) is 18.8 Å². The van der Waals surface area contributed by atoms with Crippen LogP contribution in [-0.4, -0.2) is 36.6 Å². The highest BCUT2D eigenvalue weighted by molar-refractivity contribution is 14.0. The van der Waals surface area contributed by atoms with Gasteiger partial charge in [-0.25, -0.2) is 4.99 Å². The van der Waals surface area contributed by atoms with Crippen LogP contribution in [0.3, 0.4) is 0 Å². The summed E-state index contributed by atoms with van der Waals surface area (Å²) in [7, 11) is 0. The third-order valence-corrected chi connectivity index (χ3v) is 2.42. The van der Waals surface area contributed by atoms with Gasteiger partial charge in [-0.1, -0.05) is 6.92 Å². The van der Waals surface area contributed by atoms with E-state index in [-0.39, 0.29) is 42.2 Å². The van der Waals surface area contributed by atoms with Gasteiger partial charge in [0.1, 0.15) is 12.3 Å². The summed E-state index contributed by atoms with van der Waals surface area (Å²) in [5.41, 5.74) is 0.634. The lowest BCUT2D eigenvalue weighted by atomic mass is 10.3. The fourth-order valence-corrected chi connectivity index (χ4v) is 1.48. The number of hydrogen-bond acceptors (Lipinski definition) is 3. The second-order valence-corrected chi connectivity index (χ2v) is 4.22. The van der Waals surface area contributed by atoms with Crippen molar-refractivity contribution < 1.29 is 9.90 Å². The average molecular weight is 406 g/mol. The van der Waals surface area contributed by atoms with E-state index in [1.165, 1.54) is 12.1 Å². The Labute approximate surface area is 142 Å². The molecule has 4 N–H and O–H groups in total. The molecule has 0 spiro atoms. The molecule has 1 rings (SSSR count). The van der Waals surface area contributed by atoms with Crippen molar-refractivity contribution in [2.24, 2.45) is 4.99 Å². The number of nitrogens with one attached hydrogen (secondary N) is 3. The highest BCUT2D eigenvalue weighted by Crippen LogP contribution is 2.13. The largest absolute Gasteiger partial charge is 0.508 e. The molecule has 0 aliphatic rings. The van der Waals surface area contributed by atoms with Crippen molar-refractivity contribution in [3.05, 3.63) is 24.3 Å². The molecule has 0 aliphatic heterocycles. The first-order valence-electron chi connectivity index (χ1n) is 6.76. The molecule has 0 unspecified atom stereocenters. The summed E-state index contributed by atoms with van der Waals surface area (Å²) in [6.45, 7) is 5.63. The Kier molecular flexibility index (Phi) is 10.4. The summed E-state index contributed by atoms with van der Waals surface area (Å²) in [4.78, 5) is 15.9. The number of aliphatic imine (C=N–C) groups is 1. The first kappa shape index (κ1) is 19.5. The number of aromatic hydroxyl groups is 1. The Morgan fingerprint density at radius 3 is 2.43 bits per heavy atom. The van der Waals surface area contributed by atoms with Gasteiger partial charge in [0.25, 0.3) is 0 Å². The zero-order chi connectivity index (χ0) is 14.8. The van der Waals surface area contributed by atoms with E-state index in [0.29, 0.717) is 11.6 Å². The van der Waals surface area contributed by atoms with E-state index < -0.39 is 0 Å². The van der Waals surface area contributed by atoms with Crippen LogP contribution in [0.15, 0.2) is 29.3 Å². The van der Waals surface area contributed by atoms with Crippen LogP contribution in [0.25, 0.3) is 0 Å². The molecule has 0 radical (unpaired) electrons. The van der Waals surface area contributed by atoms with Crippen LogP contribution in [0.5, 0.6) is 5.75 Å². The smallest absolute Gasteiger partial charge is 0.246 e. The molecule has 0 fully saturated rings. The minimum Gasteiger partial charge on any atom is -0.508 e. The minimum absolute atomic E-state index is 0. The zero-order valence-electron chi connectivity index (χ0n) is 12.3. The van der Waals surface area contributed by atoms with Gasteiger partial charge in [0.15, 0.2) is 5.96 Å². The van der Waals surface area contributed by atoms with Gasteiger partial charge in [-0.3, -0.25) is 4.79 Å². The van der Waals surface area contributed by atoms with Crippen molar-refractivity contribution in [3.8, 4) is 5.75 Å². The predicted octanol–water partition coefficient (Wildman–Crippen LogP) is 1.91. The first-order valence-corrected chi connectivity index (χ1v) is 6.76. The lowest BCUT2D eigenvalue weighted by Crippen LogP contribution is -2.38. The maximum Gasteiger partial charge on any atom is 0.246 e. The fourth-order valence-electron chi connectivity index (χ4n) is 1.48. The Hall–Kier alpha value is -1.51. The summed E-state index contributed by atoms with van der Waals surface area (Å²) in [5, 5.41) is 18.1. The average Bonchev–Trinajstić information content (AvgIpc) is 2.44. The third kappa shape index (κ3) is 8.38. The Morgan fingerprint density at radius 1 is 1.19 bits per heavy atom. The summed E-state index contributed by atoms with van der Waals surface area (Å²) in [5.74, 6) is 0.596. The predicted molar refractivity (Wildman–Crippen MR) is 96.4 cm³/mol. The maximum absolute atomic E-state index is 11.7. The molecule has 1 amide bonds. The molecule has 0 aliphatic carbocycles. The maximum atomic E-state index is 11.7. The lowest BCUT2D eigenvalue weighted by Gasteiger charge is -2.10. The quantitative estimate of drug-likeness (QED) is 0.252. The standard InChI is InChI=1S/C14H22N4O2.HI/c1-3-9-16-14(15-4-2)17-10-13(20)18-11-5-7-12(19)8-6-11;/h5-8,19H,3-4,9-10H2,1-2H3,(H,18,20)(H2,15,16,17);1H. The summed E-state index contributed by atoms with van der Waals surface area (Å²) in [6.07, 6.45) is 0.990. The van der Waals surface area contributed by atoms with Gasteiger partial charge in [-0.15, -0.1) is 24.0 Å².